The molecular weight excluding hydrogens is 424 g/mol. The van der Waals surface area contributed by atoms with Gasteiger partial charge in [0.15, 0.2) is 0 Å². The predicted octanol–water partition coefficient (Wildman–Crippen LogP) is 8.41. The summed E-state index contributed by atoms with van der Waals surface area (Å²) in [6.07, 6.45) is 1.91. The highest BCUT2D eigenvalue weighted by Gasteiger charge is 2.11. The highest BCUT2D eigenvalue weighted by Crippen LogP contribution is 2.27. The van der Waals surface area contributed by atoms with Crippen LogP contribution in [-0.4, -0.2) is 13.2 Å². The van der Waals surface area contributed by atoms with Crippen LogP contribution in [0, 0.1) is 13.8 Å². The van der Waals surface area contributed by atoms with Crippen LogP contribution in [0.1, 0.15) is 70.2 Å². The van der Waals surface area contributed by atoms with E-state index in [1.165, 1.54) is 44.5 Å². The van der Waals surface area contributed by atoms with Gasteiger partial charge in [0.2, 0.25) is 0 Å². The van der Waals surface area contributed by atoms with E-state index in [9.17, 15) is 0 Å². The minimum absolute atomic E-state index is 0.408. The summed E-state index contributed by atoms with van der Waals surface area (Å²) in [5.74, 6) is 0.816. The van der Waals surface area contributed by atoms with Crippen molar-refractivity contribution >= 4 is 0 Å². The zero-order chi connectivity index (χ0) is 24.6. The van der Waals surface area contributed by atoms with Crippen LogP contribution in [0.4, 0.5) is 0 Å². The first-order valence-electron chi connectivity index (χ1n) is 12.9. The van der Waals surface area contributed by atoms with Gasteiger partial charge in [-0.2, -0.15) is 0 Å². The van der Waals surface area contributed by atoms with Gasteiger partial charge in [-0.15, -0.1) is 0 Å². The molecule has 0 aliphatic rings. The minimum Gasteiger partial charge on any atom is -0.381 e. The Bertz CT molecular complexity index is 1110. The van der Waals surface area contributed by atoms with Crippen LogP contribution < -0.4 is 0 Å². The second-order valence-corrected chi connectivity index (χ2v) is 9.75. The van der Waals surface area contributed by atoms with Gasteiger partial charge in [-0.3, -0.25) is 0 Å². The van der Waals surface area contributed by atoms with Crippen molar-refractivity contribution in [3.63, 3.8) is 0 Å². The standard InChI is InChI=1S/C34H38O/c1-25-23-33(27(3)31-11-7-5-8-12-31)17-15-29(25)19-21-35-22-20-30-16-18-34(24-26(30)2)28(4)32-13-9-6-10-14-32/h5-18,23-24,27-28H,19-22H2,1-4H3. The molecule has 0 fully saturated rings. The maximum atomic E-state index is 6.05. The highest BCUT2D eigenvalue weighted by atomic mass is 16.5. The third-order valence-electron chi connectivity index (χ3n) is 7.36. The molecule has 35 heavy (non-hydrogen) atoms. The molecule has 2 unspecified atom stereocenters. The molecule has 0 N–H and O–H groups in total. The number of benzene rings is 4. The van der Waals surface area contributed by atoms with Gasteiger partial charge in [0.25, 0.3) is 0 Å². The molecule has 0 saturated carbocycles. The van der Waals surface area contributed by atoms with Gasteiger partial charge < -0.3 is 4.74 Å². The molecule has 1 heteroatoms. The molecule has 4 aromatic carbocycles. The van der Waals surface area contributed by atoms with Gasteiger partial charge in [0.1, 0.15) is 0 Å². The van der Waals surface area contributed by atoms with Crippen molar-refractivity contribution in [3.05, 3.63) is 142 Å². The van der Waals surface area contributed by atoms with E-state index in [0.29, 0.717) is 11.8 Å². The molecular formula is C34H38O. The SMILES string of the molecule is Cc1cc(C(C)c2ccccc2)ccc1CCOCCc1ccc(C(C)c2ccccc2)cc1C. The van der Waals surface area contributed by atoms with E-state index in [1.54, 1.807) is 0 Å². The van der Waals surface area contributed by atoms with E-state index in [4.69, 9.17) is 4.74 Å². The molecule has 180 valence electrons. The third kappa shape index (κ3) is 6.50. The second kappa shape index (κ2) is 12.0. The van der Waals surface area contributed by atoms with E-state index in [2.05, 4.69) is 125 Å². The van der Waals surface area contributed by atoms with Gasteiger partial charge in [-0.25, -0.2) is 0 Å². The Hall–Kier alpha value is -3.16. The smallest absolute Gasteiger partial charge is 0.0506 e. The van der Waals surface area contributed by atoms with E-state index < -0.39 is 0 Å². The maximum absolute atomic E-state index is 6.05. The Labute approximate surface area is 211 Å². The lowest BCUT2D eigenvalue weighted by Crippen LogP contribution is -2.06. The van der Waals surface area contributed by atoms with Crippen LogP contribution in [0.25, 0.3) is 0 Å². The first-order chi connectivity index (χ1) is 17.0. The lowest BCUT2D eigenvalue weighted by molar-refractivity contribution is 0.140. The van der Waals surface area contributed by atoms with E-state index in [0.717, 1.165) is 26.1 Å². The third-order valence-corrected chi connectivity index (χ3v) is 7.36. The summed E-state index contributed by atoms with van der Waals surface area (Å²) in [6.45, 7) is 10.5. The zero-order valence-corrected chi connectivity index (χ0v) is 21.6. The lowest BCUT2D eigenvalue weighted by atomic mass is 9.90. The Morgan fingerprint density at radius 2 is 0.914 bits per heavy atom. The molecule has 0 amide bonds. The quantitative estimate of drug-likeness (QED) is 0.215. The molecule has 2 atom stereocenters. The maximum Gasteiger partial charge on any atom is 0.0506 e. The van der Waals surface area contributed by atoms with Crippen molar-refractivity contribution in [2.45, 2.75) is 52.4 Å². The number of hydrogen-bond acceptors (Lipinski definition) is 1. The number of aryl methyl sites for hydroxylation is 2. The summed E-state index contributed by atoms with van der Waals surface area (Å²) in [4.78, 5) is 0. The number of rotatable bonds is 10. The first-order valence-corrected chi connectivity index (χ1v) is 12.9. The van der Waals surface area contributed by atoms with Crippen LogP contribution in [-0.2, 0) is 17.6 Å². The molecule has 4 rings (SSSR count). The molecule has 0 radical (unpaired) electrons. The largest absolute Gasteiger partial charge is 0.381 e. The van der Waals surface area contributed by atoms with Crippen LogP contribution in [0.15, 0.2) is 97.1 Å². The lowest BCUT2D eigenvalue weighted by Gasteiger charge is -2.16. The van der Waals surface area contributed by atoms with Gasteiger partial charge in [0, 0.05) is 11.8 Å². The topological polar surface area (TPSA) is 9.23 Å². The van der Waals surface area contributed by atoms with Gasteiger partial charge in [-0.1, -0.05) is 111 Å². The summed E-state index contributed by atoms with van der Waals surface area (Å²) in [7, 11) is 0. The van der Waals surface area contributed by atoms with Crippen molar-refractivity contribution < 1.29 is 4.74 Å². The molecule has 0 aromatic heterocycles. The fraction of sp³-hybridized carbons (Fsp3) is 0.294. The van der Waals surface area contributed by atoms with Crippen molar-refractivity contribution in [2.75, 3.05) is 13.2 Å². The summed E-state index contributed by atoms with van der Waals surface area (Å²) < 4.78 is 6.05. The van der Waals surface area contributed by atoms with E-state index in [-0.39, 0.29) is 0 Å². The molecule has 0 aliphatic carbocycles. The van der Waals surface area contributed by atoms with E-state index >= 15 is 0 Å². The van der Waals surface area contributed by atoms with Gasteiger partial charge >= 0.3 is 0 Å². The van der Waals surface area contributed by atoms with Crippen LogP contribution in [0.2, 0.25) is 0 Å². The second-order valence-electron chi connectivity index (χ2n) is 9.75. The molecule has 0 saturated heterocycles. The highest BCUT2D eigenvalue weighted by molar-refractivity contribution is 5.39. The normalized spacial score (nSPS) is 12.9. The van der Waals surface area contributed by atoms with Crippen LogP contribution in [0.5, 0.6) is 0 Å². The van der Waals surface area contributed by atoms with Crippen LogP contribution >= 0.6 is 0 Å². The average molecular weight is 463 g/mol. The van der Waals surface area contributed by atoms with Crippen molar-refractivity contribution in [3.8, 4) is 0 Å². The van der Waals surface area contributed by atoms with Gasteiger partial charge in [-0.05, 0) is 71.2 Å². The number of ether oxygens (including phenoxy) is 1. The van der Waals surface area contributed by atoms with Crippen LogP contribution in [0.3, 0.4) is 0 Å². The zero-order valence-electron chi connectivity index (χ0n) is 21.6. The van der Waals surface area contributed by atoms with Crippen molar-refractivity contribution in [2.24, 2.45) is 0 Å². The molecule has 0 bridgehead atoms. The summed E-state index contributed by atoms with van der Waals surface area (Å²) in [5, 5.41) is 0. The predicted molar refractivity (Wildman–Crippen MR) is 149 cm³/mol. The molecule has 0 heterocycles. The minimum atomic E-state index is 0.408. The summed E-state index contributed by atoms with van der Waals surface area (Å²) >= 11 is 0. The molecule has 0 aliphatic heterocycles. The van der Waals surface area contributed by atoms with Gasteiger partial charge in [0.05, 0.1) is 13.2 Å². The fourth-order valence-electron chi connectivity index (χ4n) is 4.87. The Morgan fingerprint density at radius 3 is 1.29 bits per heavy atom. The Balaban J connectivity index is 1.26. The number of hydrogen-bond donors (Lipinski definition) is 0. The molecule has 4 aromatic rings. The average Bonchev–Trinajstić information content (AvgIpc) is 2.90. The van der Waals surface area contributed by atoms with E-state index in [1.807, 2.05) is 0 Å². The fourth-order valence-corrected chi connectivity index (χ4v) is 4.87. The monoisotopic (exact) mass is 462 g/mol. The van der Waals surface area contributed by atoms with Crippen molar-refractivity contribution in [1.29, 1.82) is 0 Å². The molecule has 1 nitrogen and oxygen atoms in total. The Kier molecular flexibility index (Phi) is 8.55. The van der Waals surface area contributed by atoms with Crippen molar-refractivity contribution in [1.82, 2.24) is 0 Å². The first kappa shape index (κ1) is 24.9. The Morgan fingerprint density at radius 1 is 0.514 bits per heavy atom. The summed E-state index contributed by atoms with van der Waals surface area (Å²) in [6, 6.07) is 35.3. The molecule has 0 spiro atoms. The summed E-state index contributed by atoms with van der Waals surface area (Å²) in [5.41, 5.74) is 10.9.